The van der Waals surface area contributed by atoms with Crippen molar-refractivity contribution in [2.45, 2.75) is 40.5 Å². The van der Waals surface area contributed by atoms with Crippen LogP contribution in [0, 0.1) is 10.8 Å². The van der Waals surface area contributed by atoms with Gasteiger partial charge in [-0.15, -0.1) is 0 Å². The minimum absolute atomic E-state index is 0.0967. The molecule has 0 aliphatic carbocycles. The third-order valence-electron chi connectivity index (χ3n) is 3.60. The van der Waals surface area contributed by atoms with Crippen LogP contribution in [0.1, 0.15) is 40.5 Å². The van der Waals surface area contributed by atoms with Crippen LogP contribution in [0.3, 0.4) is 0 Å². The molecule has 2 heterocycles. The first kappa shape index (κ1) is 13.8. The van der Waals surface area contributed by atoms with Gasteiger partial charge in [-0.05, 0) is 10.2 Å². The fourth-order valence-electron chi connectivity index (χ4n) is 2.40. The predicted octanol–water partition coefficient (Wildman–Crippen LogP) is 3.56. The molecule has 1 N–H and O–H groups in total. The maximum Gasteiger partial charge on any atom is 0.225 e. The molecular formula is C14H19IN2O. The quantitative estimate of drug-likeness (QED) is 0.716. The van der Waals surface area contributed by atoms with Crippen LogP contribution in [0.15, 0.2) is 26.5 Å². The number of halogens is 1. The van der Waals surface area contributed by atoms with Crippen LogP contribution < -0.4 is 5.32 Å². The standard InChI is InChI=1S/C14H19IN2O/c1-13(2)6-9(16-11(13)8-15)5-10-14(3,4)7-12(18)17-10/h5,8H,6-7H2,1-4H3,(H,17,18)/b10-5-,11-8-. The first-order chi connectivity index (χ1) is 8.24. The molecule has 18 heavy (non-hydrogen) atoms. The minimum atomic E-state index is -0.0967. The zero-order chi connectivity index (χ0) is 13.6. The summed E-state index contributed by atoms with van der Waals surface area (Å²) in [7, 11) is 0. The number of carbonyl (C=O) groups is 1. The highest BCUT2D eigenvalue weighted by Gasteiger charge is 2.36. The van der Waals surface area contributed by atoms with Gasteiger partial charge in [0.1, 0.15) is 0 Å². The molecule has 0 radical (unpaired) electrons. The first-order valence-corrected chi connectivity index (χ1v) is 7.40. The largest absolute Gasteiger partial charge is 0.329 e. The molecule has 0 unspecified atom stereocenters. The molecule has 2 aliphatic rings. The lowest BCUT2D eigenvalue weighted by Crippen LogP contribution is -2.17. The lowest BCUT2D eigenvalue weighted by molar-refractivity contribution is -0.119. The van der Waals surface area contributed by atoms with E-state index in [2.05, 4.69) is 66.7 Å². The Bertz CT molecular complexity index is 484. The number of nitrogens with zero attached hydrogens (tertiary/aromatic N) is 1. The van der Waals surface area contributed by atoms with Crippen molar-refractivity contribution < 1.29 is 4.79 Å². The highest BCUT2D eigenvalue weighted by atomic mass is 127. The summed E-state index contributed by atoms with van der Waals surface area (Å²) in [6.45, 7) is 8.58. The highest BCUT2D eigenvalue weighted by Crippen LogP contribution is 2.40. The van der Waals surface area contributed by atoms with Crippen molar-refractivity contribution in [2.24, 2.45) is 15.8 Å². The van der Waals surface area contributed by atoms with E-state index in [1.807, 2.05) is 4.08 Å². The fraction of sp³-hybridized carbons (Fsp3) is 0.571. The molecule has 0 aromatic heterocycles. The van der Waals surface area contributed by atoms with E-state index in [0.29, 0.717) is 6.42 Å². The van der Waals surface area contributed by atoms with Crippen LogP contribution in [-0.2, 0) is 4.79 Å². The number of allylic oxidation sites excluding steroid dienone is 3. The third-order valence-corrected chi connectivity index (χ3v) is 4.19. The van der Waals surface area contributed by atoms with E-state index < -0.39 is 0 Å². The maximum absolute atomic E-state index is 11.5. The molecule has 1 saturated heterocycles. The summed E-state index contributed by atoms with van der Waals surface area (Å²) in [6.07, 6.45) is 3.54. The van der Waals surface area contributed by atoms with Gasteiger partial charge in [-0.2, -0.15) is 0 Å². The second-order valence-corrected chi connectivity index (χ2v) is 6.95. The molecule has 0 aromatic carbocycles. The highest BCUT2D eigenvalue weighted by molar-refractivity contribution is 14.1. The summed E-state index contributed by atoms with van der Waals surface area (Å²) in [6, 6.07) is 0. The van der Waals surface area contributed by atoms with Crippen LogP contribution in [0.5, 0.6) is 0 Å². The number of hydrogen-bond donors (Lipinski definition) is 1. The van der Waals surface area contributed by atoms with Crippen LogP contribution in [-0.4, -0.2) is 11.6 Å². The lowest BCUT2D eigenvalue weighted by atomic mass is 9.85. The third kappa shape index (κ3) is 2.53. The van der Waals surface area contributed by atoms with Crippen molar-refractivity contribution in [3.63, 3.8) is 0 Å². The number of rotatable bonds is 1. The molecule has 0 atom stereocenters. The molecule has 1 fully saturated rings. The molecule has 0 saturated carbocycles. The van der Waals surface area contributed by atoms with E-state index in [1.165, 1.54) is 0 Å². The van der Waals surface area contributed by atoms with Crippen molar-refractivity contribution in [2.75, 3.05) is 0 Å². The Labute approximate surface area is 122 Å². The van der Waals surface area contributed by atoms with Gasteiger partial charge < -0.3 is 5.32 Å². The molecule has 0 bridgehead atoms. The Kier molecular flexibility index (Phi) is 3.42. The topological polar surface area (TPSA) is 41.5 Å². The second kappa shape index (κ2) is 4.47. The zero-order valence-corrected chi connectivity index (χ0v) is 13.5. The van der Waals surface area contributed by atoms with Gasteiger partial charge in [0.2, 0.25) is 5.91 Å². The molecule has 1 amide bonds. The Hall–Kier alpha value is -0.650. The van der Waals surface area contributed by atoms with Gasteiger partial charge in [-0.3, -0.25) is 9.79 Å². The minimum Gasteiger partial charge on any atom is -0.329 e. The van der Waals surface area contributed by atoms with Gasteiger partial charge in [0, 0.05) is 35.1 Å². The summed E-state index contributed by atoms with van der Waals surface area (Å²) < 4.78 is 2.04. The summed E-state index contributed by atoms with van der Waals surface area (Å²) in [4.78, 5) is 16.1. The zero-order valence-electron chi connectivity index (χ0n) is 11.3. The number of amides is 1. The average Bonchev–Trinajstić information content (AvgIpc) is 2.63. The Morgan fingerprint density at radius 3 is 2.33 bits per heavy atom. The van der Waals surface area contributed by atoms with Crippen LogP contribution in [0.25, 0.3) is 0 Å². The van der Waals surface area contributed by atoms with E-state index in [-0.39, 0.29) is 16.7 Å². The van der Waals surface area contributed by atoms with Gasteiger partial charge in [0.25, 0.3) is 0 Å². The van der Waals surface area contributed by atoms with Crippen molar-refractivity contribution in [1.82, 2.24) is 5.32 Å². The molecule has 4 heteroatoms. The van der Waals surface area contributed by atoms with Crippen LogP contribution in [0.2, 0.25) is 0 Å². The Morgan fingerprint density at radius 1 is 1.22 bits per heavy atom. The summed E-state index contributed by atoms with van der Waals surface area (Å²) in [5.41, 5.74) is 3.18. The van der Waals surface area contributed by atoms with Crippen LogP contribution in [0.4, 0.5) is 0 Å². The molecule has 2 rings (SSSR count). The van der Waals surface area contributed by atoms with E-state index in [9.17, 15) is 4.79 Å². The molecular weight excluding hydrogens is 339 g/mol. The smallest absolute Gasteiger partial charge is 0.225 e. The monoisotopic (exact) mass is 358 g/mol. The van der Waals surface area contributed by atoms with Gasteiger partial charge in [-0.1, -0.05) is 50.3 Å². The van der Waals surface area contributed by atoms with Gasteiger partial charge in [0.05, 0.1) is 5.70 Å². The van der Waals surface area contributed by atoms with Crippen molar-refractivity contribution >= 4 is 34.2 Å². The van der Waals surface area contributed by atoms with E-state index in [1.54, 1.807) is 0 Å². The van der Waals surface area contributed by atoms with Gasteiger partial charge >= 0.3 is 0 Å². The Morgan fingerprint density at radius 2 is 1.89 bits per heavy atom. The van der Waals surface area contributed by atoms with E-state index >= 15 is 0 Å². The molecule has 98 valence electrons. The van der Waals surface area contributed by atoms with E-state index in [0.717, 1.165) is 23.5 Å². The number of hydrogen-bond acceptors (Lipinski definition) is 2. The molecule has 3 nitrogen and oxygen atoms in total. The molecule has 0 aromatic rings. The second-order valence-electron chi connectivity index (χ2n) is 6.32. The van der Waals surface area contributed by atoms with Crippen molar-refractivity contribution in [1.29, 1.82) is 0 Å². The first-order valence-electron chi connectivity index (χ1n) is 6.15. The average molecular weight is 358 g/mol. The normalized spacial score (nSPS) is 29.8. The fourth-order valence-corrected chi connectivity index (χ4v) is 3.38. The lowest BCUT2D eigenvalue weighted by Gasteiger charge is -2.18. The predicted molar refractivity (Wildman–Crippen MR) is 82.6 cm³/mol. The van der Waals surface area contributed by atoms with Crippen molar-refractivity contribution in [3.8, 4) is 0 Å². The van der Waals surface area contributed by atoms with Gasteiger partial charge in [0.15, 0.2) is 0 Å². The summed E-state index contributed by atoms with van der Waals surface area (Å²) in [5, 5.41) is 2.95. The number of nitrogens with one attached hydrogen (secondary N) is 1. The Balaban J connectivity index is 2.29. The molecule has 0 spiro atoms. The van der Waals surface area contributed by atoms with Gasteiger partial charge in [-0.25, -0.2) is 0 Å². The SMILES string of the molecule is CC1(C)CC(/C=C2\NC(=O)CC2(C)C)=NC/1=C\I. The summed E-state index contributed by atoms with van der Waals surface area (Å²) >= 11 is 2.24. The maximum atomic E-state index is 11.5. The van der Waals surface area contributed by atoms with Crippen molar-refractivity contribution in [3.05, 3.63) is 21.6 Å². The van der Waals surface area contributed by atoms with E-state index in [4.69, 9.17) is 0 Å². The van der Waals surface area contributed by atoms with Crippen LogP contribution >= 0.6 is 22.6 Å². The number of carbonyl (C=O) groups excluding carboxylic acids is 1. The summed E-state index contributed by atoms with van der Waals surface area (Å²) in [5.74, 6) is 0.105. The number of aliphatic imine (C=N–C) groups is 1. The molecule has 2 aliphatic heterocycles.